The van der Waals surface area contributed by atoms with Gasteiger partial charge in [-0.3, -0.25) is 0 Å². The summed E-state index contributed by atoms with van der Waals surface area (Å²) in [5, 5.41) is 0. The van der Waals surface area contributed by atoms with Crippen molar-refractivity contribution in [3.63, 3.8) is 0 Å². The molecule has 0 saturated carbocycles. The fourth-order valence-electron chi connectivity index (χ4n) is 2.53. The zero-order chi connectivity index (χ0) is 18.3. The van der Waals surface area contributed by atoms with Gasteiger partial charge in [0.25, 0.3) is 0 Å². The van der Waals surface area contributed by atoms with Crippen LogP contribution < -0.4 is 0 Å². The van der Waals surface area contributed by atoms with E-state index in [9.17, 15) is 0 Å². The second-order valence-electron chi connectivity index (χ2n) is 5.43. The predicted octanol–water partition coefficient (Wildman–Crippen LogP) is 8.55. The van der Waals surface area contributed by atoms with Gasteiger partial charge in [-0.1, -0.05) is 95.6 Å². The van der Waals surface area contributed by atoms with Crippen LogP contribution in [0.2, 0.25) is 0 Å². The van der Waals surface area contributed by atoms with Crippen LogP contribution in [0.25, 0.3) is 11.3 Å². The highest BCUT2D eigenvalue weighted by atomic mass is 79.9. The van der Waals surface area contributed by atoms with Crippen molar-refractivity contribution in [2.45, 2.75) is 13.3 Å². The molecule has 3 rings (SSSR count). The predicted molar refractivity (Wildman–Crippen MR) is 124 cm³/mol. The number of hydrogen-bond donors (Lipinski definition) is 1. The van der Waals surface area contributed by atoms with Crippen molar-refractivity contribution in [3.05, 3.63) is 68.2 Å². The summed E-state index contributed by atoms with van der Waals surface area (Å²) in [6, 6.07) is 8.13. The molecule has 2 aromatic carbocycles. The normalized spacial score (nSPS) is 11.2. The van der Waals surface area contributed by atoms with Gasteiger partial charge in [-0.25, -0.2) is 4.98 Å². The smallest absolute Gasteiger partial charge is 0.111 e. The summed E-state index contributed by atoms with van der Waals surface area (Å²) in [5.74, 6) is 0.915. The lowest BCUT2D eigenvalue weighted by Gasteiger charge is -2.07. The molecule has 0 aliphatic heterocycles. The first-order valence-corrected chi connectivity index (χ1v) is 11.9. The van der Waals surface area contributed by atoms with Crippen LogP contribution in [0.4, 0.5) is 0 Å². The van der Waals surface area contributed by atoms with E-state index in [1.54, 1.807) is 0 Å². The van der Waals surface area contributed by atoms with Crippen LogP contribution in [0.1, 0.15) is 17.1 Å². The summed E-state index contributed by atoms with van der Waals surface area (Å²) in [6.07, 6.45) is 0.695. The maximum atomic E-state index is 4.85. The molecule has 0 fully saturated rings. The summed E-state index contributed by atoms with van der Waals surface area (Å²) in [4.78, 5) is 8.26. The molecule has 1 heterocycles. The molecule has 0 spiro atoms. The Morgan fingerprint density at radius 1 is 0.800 bits per heavy atom. The first-order chi connectivity index (χ1) is 11.8. The third-order valence-corrected chi connectivity index (χ3v) is 7.21. The lowest BCUT2D eigenvalue weighted by Crippen LogP contribution is -1.94. The first-order valence-electron chi connectivity index (χ1n) is 7.10. The number of aromatic nitrogens is 2. The second kappa shape index (κ2) is 8.27. The number of imidazole rings is 1. The number of benzene rings is 2. The van der Waals surface area contributed by atoms with Gasteiger partial charge in [0.15, 0.2) is 0 Å². The van der Waals surface area contributed by atoms with Crippen LogP contribution in [0.5, 0.6) is 0 Å². The Morgan fingerprint density at radius 2 is 1.28 bits per heavy atom. The fourth-order valence-corrected chi connectivity index (χ4v) is 7.70. The summed E-state index contributed by atoms with van der Waals surface area (Å²) in [5.41, 5.74) is 4.16. The first kappa shape index (κ1) is 20.3. The third kappa shape index (κ3) is 4.51. The minimum Gasteiger partial charge on any atom is -0.345 e. The number of halogens is 6. The maximum absolute atomic E-state index is 4.85. The highest BCUT2D eigenvalue weighted by Gasteiger charge is 2.17. The number of rotatable bonds is 3. The minimum absolute atomic E-state index is 0.695. The number of aryl methyl sites for hydroxylation is 1. The molecule has 0 saturated heterocycles. The van der Waals surface area contributed by atoms with E-state index in [0.29, 0.717) is 6.42 Å². The van der Waals surface area contributed by atoms with Crippen LogP contribution in [0.15, 0.2) is 51.1 Å². The Labute approximate surface area is 196 Å². The standard InChI is InChI=1S/C17H10Br6N2/c1-7-17(16-13(22)4-9(19)5-14(16)23)25-15(24-7)6-10-11(20)2-8(18)3-12(10)21/h2-5H,6H2,1H3,(H,24,25). The van der Waals surface area contributed by atoms with Crippen molar-refractivity contribution in [3.8, 4) is 11.3 Å². The van der Waals surface area contributed by atoms with Gasteiger partial charge < -0.3 is 4.98 Å². The fraction of sp³-hybridized carbons (Fsp3) is 0.118. The van der Waals surface area contributed by atoms with Crippen LogP contribution in [-0.4, -0.2) is 9.97 Å². The number of nitrogens with zero attached hydrogens (tertiary/aromatic N) is 1. The monoisotopic (exact) mass is 716 g/mol. The molecular formula is C17H10Br6N2. The Balaban J connectivity index is 2.03. The summed E-state index contributed by atoms with van der Waals surface area (Å²) in [6.45, 7) is 2.04. The average molecular weight is 722 g/mol. The molecule has 0 bridgehead atoms. The Hall–Kier alpha value is 0.530. The number of H-pyrrole nitrogens is 1. The Morgan fingerprint density at radius 3 is 1.80 bits per heavy atom. The van der Waals surface area contributed by atoms with Gasteiger partial charge in [0.05, 0.1) is 5.69 Å². The number of aromatic amines is 1. The van der Waals surface area contributed by atoms with Gasteiger partial charge in [-0.05, 0) is 36.8 Å². The van der Waals surface area contributed by atoms with Crippen molar-refractivity contribution >= 4 is 95.6 Å². The molecular weight excluding hydrogens is 712 g/mol. The van der Waals surface area contributed by atoms with E-state index in [1.807, 2.05) is 31.2 Å². The molecule has 0 unspecified atom stereocenters. The SMILES string of the molecule is Cc1[nH]c(Cc2c(Br)cc(Br)cc2Br)nc1-c1c(Br)cc(Br)cc1Br. The van der Waals surface area contributed by atoms with Crippen molar-refractivity contribution in [2.24, 2.45) is 0 Å². The third-order valence-electron chi connectivity index (χ3n) is 3.63. The highest BCUT2D eigenvalue weighted by molar-refractivity contribution is 9.12. The quantitative estimate of drug-likeness (QED) is 0.289. The molecule has 2 nitrogen and oxygen atoms in total. The van der Waals surface area contributed by atoms with Crippen molar-refractivity contribution in [2.75, 3.05) is 0 Å². The summed E-state index contributed by atoms with van der Waals surface area (Å²) < 4.78 is 6.08. The minimum atomic E-state index is 0.695. The van der Waals surface area contributed by atoms with Gasteiger partial charge in [0.1, 0.15) is 5.82 Å². The average Bonchev–Trinajstić information content (AvgIpc) is 2.82. The van der Waals surface area contributed by atoms with Crippen molar-refractivity contribution < 1.29 is 0 Å². The van der Waals surface area contributed by atoms with Crippen molar-refractivity contribution in [1.82, 2.24) is 9.97 Å². The van der Waals surface area contributed by atoms with Gasteiger partial charge in [0, 0.05) is 44.5 Å². The Bertz CT molecular complexity index is 918. The molecule has 25 heavy (non-hydrogen) atoms. The molecule has 0 amide bonds. The van der Waals surface area contributed by atoms with Gasteiger partial charge in [-0.2, -0.15) is 0 Å². The summed E-state index contributed by atoms with van der Waals surface area (Å²) >= 11 is 21.6. The number of nitrogens with one attached hydrogen (secondary N) is 1. The van der Waals surface area contributed by atoms with E-state index in [0.717, 1.165) is 55.2 Å². The molecule has 130 valence electrons. The lowest BCUT2D eigenvalue weighted by atomic mass is 10.1. The highest BCUT2D eigenvalue weighted by Crippen LogP contribution is 2.39. The maximum Gasteiger partial charge on any atom is 0.111 e. The van der Waals surface area contributed by atoms with Crippen LogP contribution in [-0.2, 0) is 6.42 Å². The van der Waals surface area contributed by atoms with E-state index in [-0.39, 0.29) is 0 Å². The molecule has 1 aromatic heterocycles. The molecule has 0 radical (unpaired) electrons. The zero-order valence-electron chi connectivity index (χ0n) is 12.7. The van der Waals surface area contributed by atoms with E-state index in [4.69, 9.17) is 4.98 Å². The molecule has 0 aliphatic rings. The summed E-state index contributed by atoms with van der Waals surface area (Å²) in [7, 11) is 0. The molecule has 3 aromatic rings. The topological polar surface area (TPSA) is 28.7 Å². The second-order valence-corrected chi connectivity index (χ2v) is 10.7. The van der Waals surface area contributed by atoms with Gasteiger partial charge >= 0.3 is 0 Å². The van der Waals surface area contributed by atoms with Crippen LogP contribution in [0.3, 0.4) is 0 Å². The molecule has 1 N–H and O–H groups in total. The number of hydrogen-bond acceptors (Lipinski definition) is 1. The van der Waals surface area contributed by atoms with E-state index < -0.39 is 0 Å². The van der Waals surface area contributed by atoms with Crippen LogP contribution >= 0.6 is 95.6 Å². The Kier molecular flexibility index (Phi) is 6.70. The van der Waals surface area contributed by atoms with E-state index in [2.05, 4.69) is 101 Å². The molecule has 8 heteroatoms. The van der Waals surface area contributed by atoms with Gasteiger partial charge in [-0.15, -0.1) is 0 Å². The van der Waals surface area contributed by atoms with Gasteiger partial charge in [0.2, 0.25) is 0 Å². The van der Waals surface area contributed by atoms with Crippen molar-refractivity contribution in [1.29, 1.82) is 0 Å². The largest absolute Gasteiger partial charge is 0.345 e. The van der Waals surface area contributed by atoms with E-state index in [1.165, 1.54) is 0 Å². The molecule has 0 aliphatic carbocycles. The zero-order valence-corrected chi connectivity index (χ0v) is 22.2. The lowest BCUT2D eigenvalue weighted by molar-refractivity contribution is 1.01. The molecule has 0 atom stereocenters. The van der Waals surface area contributed by atoms with Crippen LogP contribution in [0, 0.1) is 6.92 Å². The van der Waals surface area contributed by atoms with E-state index >= 15 is 0 Å².